The molecule has 1 N–H and O–H groups in total. The number of hydrogen-bond acceptors (Lipinski definition) is 5. The molecule has 19 heavy (non-hydrogen) atoms. The van der Waals surface area contributed by atoms with Gasteiger partial charge in [0.2, 0.25) is 0 Å². The average Bonchev–Trinajstić information content (AvgIpc) is 2.90. The molecule has 0 atom stereocenters. The smallest absolute Gasteiger partial charge is 0.396 e. The second-order valence-electron chi connectivity index (χ2n) is 3.93. The van der Waals surface area contributed by atoms with E-state index < -0.39 is 5.97 Å². The highest BCUT2D eigenvalue weighted by molar-refractivity contribution is 7.16. The molecule has 3 aromatic rings. The van der Waals surface area contributed by atoms with Crippen molar-refractivity contribution in [3.05, 3.63) is 39.7 Å². The van der Waals surface area contributed by atoms with Crippen LogP contribution in [0, 0.1) is 0 Å². The summed E-state index contributed by atoms with van der Waals surface area (Å²) in [7, 11) is 1.64. The standard InChI is InChI=1S/C12H8N2O4S/c1-14-8(5-7(13-14)11(15)16)6-3-2-4-9-10(6)18-12(17)19-9/h2-5H,1H3,(H,15,16). The molecule has 0 unspecified atom stereocenters. The van der Waals surface area contributed by atoms with Crippen LogP contribution in [0.25, 0.3) is 21.5 Å². The zero-order valence-corrected chi connectivity index (χ0v) is 10.6. The lowest BCUT2D eigenvalue weighted by molar-refractivity contribution is 0.0689. The molecular formula is C12H8N2O4S. The molecule has 0 radical (unpaired) electrons. The third-order valence-electron chi connectivity index (χ3n) is 2.73. The Morgan fingerprint density at radius 1 is 1.47 bits per heavy atom. The van der Waals surface area contributed by atoms with Gasteiger partial charge in [-0.15, -0.1) is 0 Å². The molecule has 7 heteroatoms. The highest BCUT2D eigenvalue weighted by atomic mass is 32.1. The fourth-order valence-electron chi connectivity index (χ4n) is 1.92. The lowest BCUT2D eigenvalue weighted by atomic mass is 10.1. The first-order valence-electron chi connectivity index (χ1n) is 5.36. The molecule has 0 amide bonds. The lowest BCUT2D eigenvalue weighted by Gasteiger charge is -2.01. The van der Waals surface area contributed by atoms with E-state index in [4.69, 9.17) is 9.52 Å². The van der Waals surface area contributed by atoms with Gasteiger partial charge in [0, 0.05) is 12.6 Å². The highest BCUT2D eigenvalue weighted by Gasteiger charge is 2.16. The quantitative estimate of drug-likeness (QED) is 0.773. The fraction of sp³-hybridized carbons (Fsp3) is 0.0833. The van der Waals surface area contributed by atoms with Crippen molar-refractivity contribution in [3.63, 3.8) is 0 Å². The average molecular weight is 276 g/mol. The molecule has 3 rings (SSSR count). The molecule has 1 aromatic carbocycles. The molecule has 0 saturated heterocycles. The number of rotatable bonds is 2. The van der Waals surface area contributed by atoms with Crippen molar-refractivity contribution in [2.75, 3.05) is 0 Å². The van der Waals surface area contributed by atoms with Gasteiger partial charge in [-0.2, -0.15) is 5.10 Å². The molecule has 2 heterocycles. The van der Waals surface area contributed by atoms with Gasteiger partial charge in [-0.1, -0.05) is 17.4 Å². The van der Waals surface area contributed by atoms with Gasteiger partial charge in [-0.3, -0.25) is 4.68 Å². The highest BCUT2D eigenvalue weighted by Crippen LogP contribution is 2.29. The van der Waals surface area contributed by atoms with Gasteiger partial charge in [0.1, 0.15) is 0 Å². The maximum absolute atomic E-state index is 11.3. The van der Waals surface area contributed by atoms with Gasteiger partial charge in [-0.05, 0) is 18.2 Å². The first-order valence-corrected chi connectivity index (χ1v) is 6.18. The van der Waals surface area contributed by atoms with E-state index in [1.54, 1.807) is 25.2 Å². The number of nitrogens with zero attached hydrogens (tertiary/aromatic N) is 2. The molecule has 0 bridgehead atoms. The predicted molar refractivity (Wildman–Crippen MR) is 69.5 cm³/mol. The van der Waals surface area contributed by atoms with Crippen LogP contribution in [-0.2, 0) is 7.05 Å². The van der Waals surface area contributed by atoms with Gasteiger partial charge >= 0.3 is 10.9 Å². The molecule has 0 aliphatic carbocycles. The molecule has 0 aliphatic heterocycles. The SMILES string of the molecule is Cn1nc(C(=O)O)cc1-c1cccc2sc(=O)oc12. The summed E-state index contributed by atoms with van der Waals surface area (Å²) < 4.78 is 7.33. The Bertz CT molecular complexity index is 843. The summed E-state index contributed by atoms with van der Waals surface area (Å²) in [5.41, 5.74) is 1.65. The van der Waals surface area contributed by atoms with Crippen LogP contribution in [0.5, 0.6) is 0 Å². The van der Waals surface area contributed by atoms with Crippen LogP contribution < -0.4 is 4.94 Å². The largest absolute Gasteiger partial charge is 0.476 e. The second-order valence-corrected chi connectivity index (χ2v) is 4.91. The van der Waals surface area contributed by atoms with Crippen molar-refractivity contribution in [3.8, 4) is 11.3 Å². The summed E-state index contributed by atoms with van der Waals surface area (Å²) >= 11 is 1.01. The van der Waals surface area contributed by atoms with Gasteiger partial charge < -0.3 is 9.52 Å². The molecule has 0 fully saturated rings. The number of fused-ring (bicyclic) bond motifs is 1. The molecule has 6 nitrogen and oxygen atoms in total. The Morgan fingerprint density at radius 3 is 2.95 bits per heavy atom. The van der Waals surface area contributed by atoms with Gasteiger partial charge in [0.25, 0.3) is 0 Å². The van der Waals surface area contributed by atoms with Gasteiger partial charge in [-0.25, -0.2) is 9.59 Å². The van der Waals surface area contributed by atoms with Crippen LogP contribution in [0.15, 0.2) is 33.5 Å². The molecule has 2 aromatic heterocycles. The first kappa shape index (κ1) is 11.7. The first-order chi connectivity index (χ1) is 9.06. The van der Waals surface area contributed by atoms with E-state index in [1.807, 2.05) is 0 Å². The Labute approximate surface area is 110 Å². The zero-order chi connectivity index (χ0) is 13.6. The lowest BCUT2D eigenvalue weighted by Crippen LogP contribution is -1.99. The maximum Gasteiger partial charge on any atom is 0.396 e. The second kappa shape index (κ2) is 4.06. The Hall–Kier alpha value is -2.41. The van der Waals surface area contributed by atoms with Crippen molar-refractivity contribution in [2.24, 2.45) is 7.05 Å². The molecule has 96 valence electrons. The van der Waals surface area contributed by atoms with Crippen LogP contribution in [0.2, 0.25) is 0 Å². The number of aromatic nitrogens is 2. The number of aryl methyl sites for hydroxylation is 1. The van der Waals surface area contributed by atoms with Crippen LogP contribution in [0.3, 0.4) is 0 Å². The Kier molecular flexibility index (Phi) is 2.49. The van der Waals surface area contributed by atoms with Crippen molar-refractivity contribution >= 4 is 27.6 Å². The van der Waals surface area contributed by atoms with Gasteiger partial charge in [0.15, 0.2) is 11.3 Å². The van der Waals surface area contributed by atoms with E-state index in [0.29, 0.717) is 16.8 Å². The summed E-state index contributed by atoms with van der Waals surface area (Å²) in [6.07, 6.45) is 0. The molecular weight excluding hydrogens is 268 g/mol. The van der Waals surface area contributed by atoms with Crippen LogP contribution in [-0.4, -0.2) is 20.9 Å². The third-order valence-corrected chi connectivity index (χ3v) is 3.52. The minimum Gasteiger partial charge on any atom is -0.476 e. The van der Waals surface area contributed by atoms with Crippen molar-refractivity contribution in [1.29, 1.82) is 0 Å². The van der Waals surface area contributed by atoms with Crippen LogP contribution in [0.4, 0.5) is 0 Å². The van der Waals surface area contributed by atoms with E-state index in [0.717, 1.165) is 16.0 Å². The summed E-state index contributed by atoms with van der Waals surface area (Å²) in [5.74, 6) is -1.10. The number of carbonyl (C=O) groups is 1. The Morgan fingerprint density at radius 2 is 2.26 bits per heavy atom. The zero-order valence-electron chi connectivity index (χ0n) is 9.78. The number of carboxylic acids is 1. The van der Waals surface area contributed by atoms with Crippen molar-refractivity contribution in [2.45, 2.75) is 0 Å². The number of benzene rings is 1. The molecule has 0 aliphatic rings. The number of para-hydroxylation sites is 1. The topological polar surface area (TPSA) is 85.3 Å². The van der Waals surface area contributed by atoms with Crippen molar-refractivity contribution < 1.29 is 14.3 Å². The number of carboxylic acid groups (broad SMARTS) is 1. The van der Waals surface area contributed by atoms with E-state index in [-0.39, 0.29) is 10.6 Å². The van der Waals surface area contributed by atoms with Crippen LogP contribution in [0.1, 0.15) is 10.5 Å². The summed E-state index contributed by atoms with van der Waals surface area (Å²) in [4.78, 5) is 21.8. The minimum atomic E-state index is -1.10. The molecule has 0 saturated carbocycles. The predicted octanol–water partition coefficient (Wildman–Crippen LogP) is 1.95. The van der Waals surface area contributed by atoms with Crippen LogP contribution >= 0.6 is 11.3 Å². The fourth-order valence-corrected chi connectivity index (χ4v) is 2.62. The van der Waals surface area contributed by atoms with E-state index in [9.17, 15) is 9.59 Å². The maximum atomic E-state index is 11.3. The number of hydrogen-bond donors (Lipinski definition) is 1. The summed E-state index contributed by atoms with van der Waals surface area (Å²) in [5, 5.41) is 12.8. The summed E-state index contributed by atoms with van der Waals surface area (Å²) in [6, 6.07) is 6.79. The minimum absolute atomic E-state index is 0.0490. The normalized spacial score (nSPS) is 11.0. The summed E-state index contributed by atoms with van der Waals surface area (Å²) in [6.45, 7) is 0. The van der Waals surface area contributed by atoms with E-state index >= 15 is 0 Å². The van der Waals surface area contributed by atoms with Crippen molar-refractivity contribution in [1.82, 2.24) is 9.78 Å². The monoisotopic (exact) mass is 276 g/mol. The van der Waals surface area contributed by atoms with Gasteiger partial charge in [0.05, 0.1) is 10.4 Å². The Balaban J connectivity index is 2.29. The van der Waals surface area contributed by atoms with E-state index in [2.05, 4.69) is 5.10 Å². The third kappa shape index (κ3) is 1.84. The molecule has 0 spiro atoms. The number of aromatic carboxylic acids is 1. The van der Waals surface area contributed by atoms with E-state index in [1.165, 1.54) is 10.7 Å².